The fraction of sp³-hybridized carbons (Fsp3) is 0.615. The molecule has 0 spiro atoms. The lowest BCUT2D eigenvalue weighted by Crippen LogP contribution is -2.53. The molecule has 1 aliphatic carbocycles. The fourth-order valence-electron chi connectivity index (χ4n) is 2.50. The molecule has 0 radical (unpaired) electrons. The fourth-order valence-corrected chi connectivity index (χ4v) is 2.50. The van der Waals surface area contributed by atoms with Crippen LogP contribution in [0, 0.1) is 0 Å². The zero-order valence-electron chi connectivity index (χ0n) is 9.95. The number of carbonyl (C=O) groups is 1. The van der Waals surface area contributed by atoms with Gasteiger partial charge in [-0.15, -0.1) is 0 Å². The van der Waals surface area contributed by atoms with Crippen LogP contribution in [0.5, 0.6) is 0 Å². The summed E-state index contributed by atoms with van der Waals surface area (Å²) < 4.78 is 5.23. The van der Waals surface area contributed by atoms with E-state index < -0.39 is 11.5 Å². The number of rotatable bonds is 5. The van der Waals surface area contributed by atoms with Crippen LogP contribution >= 0.6 is 0 Å². The second kappa shape index (κ2) is 5.36. The van der Waals surface area contributed by atoms with Crippen LogP contribution in [0.15, 0.2) is 22.8 Å². The maximum absolute atomic E-state index is 11.4. The molecule has 94 valence electrons. The molecule has 0 aliphatic heterocycles. The Balaban J connectivity index is 1.87. The first-order chi connectivity index (χ1) is 8.23. The van der Waals surface area contributed by atoms with Gasteiger partial charge in [-0.2, -0.15) is 0 Å². The van der Waals surface area contributed by atoms with Crippen molar-refractivity contribution in [3.63, 3.8) is 0 Å². The Hall–Kier alpha value is -1.29. The van der Waals surface area contributed by atoms with E-state index in [4.69, 9.17) is 4.42 Å². The Morgan fingerprint density at radius 3 is 2.76 bits per heavy atom. The van der Waals surface area contributed by atoms with Crippen LogP contribution in [0.3, 0.4) is 0 Å². The summed E-state index contributed by atoms with van der Waals surface area (Å²) in [5.74, 6) is 0.186. The number of nitrogens with one attached hydrogen (secondary N) is 1. The van der Waals surface area contributed by atoms with Crippen LogP contribution in [0.2, 0.25) is 0 Å². The van der Waals surface area contributed by atoms with Gasteiger partial charge in [-0.3, -0.25) is 4.79 Å². The van der Waals surface area contributed by atoms with E-state index in [1.807, 2.05) is 12.1 Å². The molecule has 17 heavy (non-hydrogen) atoms. The molecule has 0 bridgehead atoms. The SMILES string of the molecule is O=C(O)C1(NCCc2ccco2)CCCCC1. The monoisotopic (exact) mass is 237 g/mol. The van der Waals surface area contributed by atoms with E-state index in [0.29, 0.717) is 6.54 Å². The number of hydrogen-bond donors (Lipinski definition) is 2. The maximum Gasteiger partial charge on any atom is 0.323 e. The summed E-state index contributed by atoms with van der Waals surface area (Å²) >= 11 is 0. The van der Waals surface area contributed by atoms with Crippen molar-refractivity contribution in [3.05, 3.63) is 24.2 Å². The van der Waals surface area contributed by atoms with Gasteiger partial charge in [0.1, 0.15) is 11.3 Å². The van der Waals surface area contributed by atoms with Gasteiger partial charge < -0.3 is 14.8 Å². The van der Waals surface area contributed by atoms with Crippen molar-refractivity contribution in [2.45, 2.75) is 44.1 Å². The van der Waals surface area contributed by atoms with Gasteiger partial charge in [0.25, 0.3) is 0 Å². The minimum absolute atomic E-state index is 0.653. The van der Waals surface area contributed by atoms with Crippen LogP contribution in [0.1, 0.15) is 37.9 Å². The molecule has 1 aliphatic rings. The van der Waals surface area contributed by atoms with Crippen LogP contribution in [0.25, 0.3) is 0 Å². The van der Waals surface area contributed by atoms with Gasteiger partial charge in [-0.25, -0.2) is 0 Å². The van der Waals surface area contributed by atoms with Gasteiger partial charge in [-0.05, 0) is 25.0 Å². The zero-order chi connectivity index (χ0) is 12.1. The Morgan fingerprint density at radius 2 is 2.18 bits per heavy atom. The predicted octanol–water partition coefficient (Wildman–Crippen LogP) is 2.20. The van der Waals surface area contributed by atoms with E-state index in [9.17, 15) is 9.90 Å². The van der Waals surface area contributed by atoms with Crippen LogP contribution in [-0.2, 0) is 11.2 Å². The molecule has 0 atom stereocenters. The molecule has 1 saturated carbocycles. The second-order valence-corrected chi connectivity index (χ2v) is 4.70. The molecule has 4 nitrogen and oxygen atoms in total. The summed E-state index contributed by atoms with van der Waals surface area (Å²) in [7, 11) is 0. The standard InChI is InChI=1S/C13H19NO3/c15-12(16)13(7-2-1-3-8-13)14-9-6-11-5-4-10-17-11/h4-5,10,14H,1-3,6-9H2,(H,15,16). The molecule has 1 aromatic rings. The molecule has 1 fully saturated rings. The highest BCUT2D eigenvalue weighted by Crippen LogP contribution is 2.28. The van der Waals surface area contributed by atoms with Crippen molar-refractivity contribution in [3.8, 4) is 0 Å². The topological polar surface area (TPSA) is 62.5 Å². The van der Waals surface area contributed by atoms with Gasteiger partial charge in [0.15, 0.2) is 0 Å². The van der Waals surface area contributed by atoms with Gasteiger partial charge in [0.2, 0.25) is 0 Å². The second-order valence-electron chi connectivity index (χ2n) is 4.70. The van der Waals surface area contributed by atoms with Gasteiger partial charge in [-0.1, -0.05) is 19.3 Å². The lowest BCUT2D eigenvalue weighted by molar-refractivity contribution is -0.146. The zero-order valence-corrected chi connectivity index (χ0v) is 9.95. The number of carboxylic acid groups (broad SMARTS) is 1. The summed E-state index contributed by atoms with van der Waals surface area (Å²) in [4.78, 5) is 11.4. The third-order valence-corrected chi connectivity index (χ3v) is 3.53. The smallest absolute Gasteiger partial charge is 0.323 e. The maximum atomic E-state index is 11.4. The molecular weight excluding hydrogens is 218 g/mol. The van der Waals surface area contributed by atoms with Gasteiger partial charge in [0.05, 0.1) is 6.26 Å². The van der Waals surface area contributed by atoms with Crippen LogP contribution in [0.4, 0.5) is 0 Å². The Labute approximate surface area is 101 Å². The molecular formula is C13H19NO3. The summed E-state index contributed by atoms with van der Waals surface area (Å²) in [6.07, 6.45) is 7.00. The quantitative estimate of drug-likeness (QED) is 0.824. The van der Waals surface area contributed by atoms with Gasteiger partial charge >= 0.3 is 5.97 Å². The third-order valence-electron chi connectivity index (χ3n) is 3.53. The highest BCUT2D eigenvalue weighted by molar-refractivity contribution is 5.78. The van der Waals surface area contributed by atoms with Crippen LogP contribution in [-0.4, -0.2) is 23.2 Å². The minimum Gasteiger partial charge on any atom is -0.480 e. The highest BCUT2D eigenvalue weighted by atomic mass is 16.4. The number of carboxylic acids is 1. The number of furan rings is 1. The van der Waals surface area contributed by atoms with Gasteiger partial charge in [0, 0.05) is 13.0 Å². The first-order valence-electron chi connectivity index (χ1n) is 6.24. The molecule has 0 saturated heterocycles. The predicted molar refractivity (Wildman–Crippen MR) is 63.9 cm³/mol. The summed E-state index contributed by atoms with van der Waals surface area (Å²) in [6, 6.07) is 3.76. The Kier molecular flexibility index (Phi) is 3.84. The van der Waals surface area contributed by atoms with Crippen molar-refractivity contribution >= 4 is 5.97 Å². The normalized spacial score (nSPS) is 19.1. The van der Waals surface area contributed by atoms with E-state index in [1.165, 1.54) is 0 Å². The minimum atomic E-state index is -0.711. The van der Waals surface area contributed by atoms with Crippen molar-refractivity contribution in [2.75, 3.05) is 6.54 Å². The average molecular weight is 237 g/mol. The highest BCUT2D eigenvalue weighted by Gasteiger charge is 2.38. The largest absolute Gasteiger partial charge is 0.480 e. The molecule has 2 rings (SSSR count). The van der Waals surface area contributed by atoms with E-state index >= 15 is 0 Å². The Morgan fingerprint density at radius 1 is 1.41 bits per heavy atom. The van der Waals surface area contributed by atoms with E-state index in [0.717, 1.165) is 44.3 Å². The van der Waals surface area contributed by atoms with E-state index in [1.54, 1.807) is 6.26 Å². The molecule has 0 aromatic carbocycles. The average Bonchev–Trinajstić information content (AvgIpc) is 2.83. The summed E-state index contributed by atoms with van der Waals surface area (Å²) in [5.41, 5.74) is -0.704. The molecule has 1 aromatic heterocycles. The number of hydrogen-bond acceptors (Lipinski definition) is 3. The van der Waals surface area contributed by atoms with Crippen LogP contribution < -0.4 is 5.32 Å². The van der Waals surface area contributed by atoms with Crippen molar-refractivity contribution in [2.24, 2.45) is 0 Å². The number of aliphatic carboxylic acids is 1. The first-order valence-corrected chi connectivity index (χ1v) is 6.24. The lowest BCUT2D eigenvalue weighted by Gasteiger charge is -2.34. The molecule has 2 N–H and O–H groups in total. The summed E-state index contributed by atoms with van der Waals surface area (Å²) in [6.45, 7) is 0.653. The molecule has 1 heterocycles. The molecule has 4 heteroatoms. The van der Waals surface area contributed by atoms with E-state index in [-0.39, 0.29) is 0 Å². The van der Waals surface area contributed by atoms with Crippen molar-refractivity contribution in [1.82, 2.24) is 5.32 Å². The van der Waals surface area contributed by atoms with E-state index in [2.05, 4.69) is 5.32 Å². The molecule has 0 amide bonds. The van der Waals surface area contributed by atoms with Crippen molar-refractivity contribution in [1.29, 1.82) is 0 Å². The first kappa shape index (κ1) is 12.2. The molecule has 0 unspecified atom stereocenters. The lowest BCUT2D eigenvalue weighted by atomic mass is 9.81. The summed E-state index contributed by atoms with van der Waals surface area (Å²) in [5, 5.41) is 12.6. The third kappa shape index (κ3) is 2.88. The van der Waals surface area contributed by atoms with Crippen molar-refractivity contribution < 1.29 is 14.3 Å². The Bertz CT molecular complexity index is 353.